The Bertz CT molecular complexity index is 193. The van der Waals surface area contributed by atoms with Gasteiger partial charge in [0.25, 0.3) is 0 Å². The van der Waals surface area contributed by atoms with E-state index in [0.717, 1.165) is 31.7 Å². The van der Waals surface area contributed by atoms with Crippen molar-refractivity contribution in [3.8, 4) is 0 Å². The summed E-state index contributed by atoms with van der Waals surface area (Å²) in [5, 5.41) is 3.06. The first-order valence-electron chi connectivity index (χ1n) is 6.37. The van der Waals surface area contributed by atoms with E-state index in [-0.39, 0.29) is 0 Å². The van der Waals surface area contributed by atoms with Crippen molar-refractivity contribution in [1.29, 1.82) is 0 Å². The molecule has 0 spiro atoms. The molecular weight excluding hydrogens is 186 g/mol. The number of carbonyl (C=O) groups excluding carboxylic acids is 1. The van der Waals surface area contributed by atoms with Crippen LogP contribution >= 0.6 is 0 Å². The topological polar surface area (TPSA) is 29.1 Å². The fraction of sp³-hybridized carbons (Fsp3) is 0.923. The van der Waals surface area contributed by atoms with E-state index in [1.54, 1.807) is 0 Å². The quantitative estimate of drug-likeness (QED) is 0.761. The van der Waals surface area contributed by atoms with E-state index in [0.29, 0.717) is 17.7 Å². The minimum absolute atomic E-state index is 0.294. The fourth-order valence-corrected chi connectivity index (χ4v) is 2.15. The van der Waals surface area contributed by atoms with Gasteiger partial charge in [0, 0.05) is 12.5 Å². The first kappa shape index (κ1) is 12.5. The maximum absolute atomic E-state index is 11.8. The summed E-state index contributed by atoms with van der Waals surface area (Å²) in [6, 6.07) is 0. The summed E-state index contributed by atoms with van der Waals surface area (Å²) in [6.07, 6.45) is 5.72. The van der Waals surface area contributed by atoms with Crippen LogP contribution in [0.1, 0.15) is 52.9 Å². The zero-order valence-corrected chi connectivity index (χ0v) is 10.4. The van der Waals surface area contributed by atoms with Gasteiger partial charge < -0.3 is 5.32 Å². The van der Waals surface area contributed by atoms with Crippen LogP contribution in [-0.2, 0) is 4.79 Å². The van der Waals surface area contributed by atoms with E-state index in [1.165, 1.54) is 12.8 Å². The van der Waals surface area contributed by atoms with E-state index in [4.69, 9.17) is 0 Å². The Morgan fingerprint density at radius 2 is 1.87 bits per heavy atom. The Labute approximate surface area is 93.8 Å². The SMILES string of the molecule is CC(C)CCNC(=O)[C@H]1CC[C@H](C)CC1. The second-order valence-corrected chi connectivity index (χ2v) is 5.43. The van der Waals surface area contributed by atoms with Gasteiger partial charge in [0.1, 0.15) is 0 Å². The van der Waals surface area contributed by atoms with Crippen LogP contribution < -0.4 is 5.32 Å². The average Bonchev–Trinajstić information content (AvgIpc) is 2.18. The van der Waals surface area contributed by atoms with E-state index < -0.39 is 0 Å². The molecule has 2 heteroatoms. The van der Waals surface area contributed by atoms with Gasteiger partial charge in [0.2, 0.25) is 5.91 Å². The van der Waals surface area contributed by atoms with Gasteiger partial charge in [-0.3, -0.25) is 4.79 Å². The van der Waals surface area contributed by atoms with Crippen molar-refractivity contribution in [1.82, 2.24) is 5.32 Å². The molecule has 1 rings (SSSR count). The van der Waals surface area contributed by atoms with Crippen molar-refractivity contribution in [3.63, 3.8) is 0 Å². The Morgan fingerprint density at radius 3 is 2.40 bits per heavy atom. The zero-order valence-electron chi connectivity index (χ0n) is 10.4. The molecule has 1 N–H and O–H groups in total. The molecule has 0 radical (unpaired) electrons. The van der Waals surface area contributed by atoms with Gasteiger partial charge >= 0.3 is 0 Å². The van der Waals surface area contributed by atoms with Crippen LogP contribution in [0.15, 0.2) is 0 Å². The number of hydrogen-bond acceptors (Lipinski definition) is 1. The molecule has 88 valence electrons. The summed E-state index contributed by atoms with van der Waals surface area (Å²) in [4.78, 5) is 11.8. The third-order valence-corrected chi connectivity index (χ3v) is 3.41. The third-order valence-electron chi connectivity index (χ3n) is 3.41. The van der Waals surface area contributed by atoms with Crippen molar-refractivity contribution in [2.24, 2.45) is 17.8 Å². The van der Waals surface area contributed by atoms with Crippen molar-refractivity contribution in [2.75, 3.05) is 6.54 Å². The van der Waals surface area contributed by atoms with Gasteiger partial charge in [-0.25, -0.2) is 0 Å². The Hall–Kier alpha value is -0.530. The van der Waals surface area contributed by atoms with Crippen LogP contribution in [0.3, 0.4) is 0 Å². The predicted octanol–water partition coefficient (Wildman–Crippen LogP) is 2.98. The van der Waals surface area contributed by atoms with Gasteiger partial charge in [-0.15, -0.1) is 0 Å². The summed E-state index contributed by atoms with van der Waals surface area (Å²) in [7, 11) is 0. The molecular formula is C13H25NO. The van der Waals surface area contributed by atoms with Crippen LogP contribution in [0.25, 0.3) is 0 Å². The van der Waals surface area contributed by atoms with Crippen LogP contribution in [0.4, 0.5) is 0 Å². The smallest absolute Gasteiger partial charge is 0.223 e. The molecule has 0 aromatic carbocycles. The molecule has 0 aromatic heterocycles. The minimum atomic E-state index is 0.294. The summed E-state index contributed by atoms with van der Waals surface area (Å²) in [6.45, 7) is 7.51. The molecule has 1 saturated carbocycles. The Kier molecular flexibility index (Phi) is 5.13. The second-order valence-electron chi connectivity index (χ2n) is 5.43. The third kappa shape index (κ3) is 4.67. The first-order chi connectivity index (χ1) is 7.09. The van der Waals surface area contributed by atoms with Gasteiger partial charge in [-0.05, 0) is 43.9 Å². The highest BCUT2D eigenvalue weighted by atomic mass is 16.1. The monoisotopic (exact) mass is 211 g/mol. The molecule has 0 aliphatic heterocycles. The minimum Gasteiger partial charge on any atom is -0.356 e. The van der Waals surface area contributed by atoms with Gasteiger partial charge in [-0.1, -0.05) is 20.8 Å². The largest absolute Gasteiger partial charge is 0.356 e. The highest BCUT2D eigenvalue weighted by Gasteiger charge is 2.23. The Balaban J connectivity index is 2.17. The van der Waals surface area contributed by atoms with Crippen LogP contribution in [-0.4, -0.2) is 12.5 Å². The molecule has 1 amide bonds. The summed E-state index contributed by atoms with van der Waals surface area (Å²) in [5.41, 5.74) is 0. The molecule has 0 saturated heterocycles. The molecule has 0 aromatic rings. The molecule has 1 aliphatic carbocycles. The average molecular weight is 211 g/mol. The lowest BCUT2D eigenvalue weighted by atomic mass is 9.82. The van der Waals surface area contributed by atoms with Crippen molar-refractivity contribution in [3.05, 3.63) is 0 Å². The van der Waals surface area contributed by atoms with Gasteiger partial charge in [0.15, 0.2) is 0 Å². The zero-order chi connectivity index (χ0) is 11.3. The lowest BCUT2D eigenvalue weighted by Gasteiger charge is -2.25. The maximum Gasteiger partial charge on any atom is 0.223 e. The van der Waals surface area contributed by atoms with Crippen LogP contribution in [0.2, 0.25) is 0 Å². The molecule has 0 bridgehead atoms. The number of carbonyl (C=O) groups is 1. The lowest BCUT2D eigenvalue weighted by Crippen LogP contribution is -2.33. The van der Waals surface area contributed by atoms with Crippen molar-refractivity contribution >= 4 is 5.91 Å². The predicted molar refractivity (Wildman–Crippen MR) is 63.6 cm³/mol. The molecule has 1 fully saturated rings. The molecule has 1 aliphatic rings. The van der Waals surface area contributed by atoms with Gasteiger partial charge in [-0.2, -0.15) is 0 Å². The molecule has 0 unspecified atom stereocenters. The van der Waals surface area contributed by atoms with Crippen molar-refractivity contribution < 1.29 is 4.79 Å². The fourth-order valence-electron chi connectivity index (χ4n) is 2.15. The van der Waals surface area contributed by atoms with Crippen molar-refractivity contribution in [2.45, 2.75) is 52.9 Å². The number of hydrogen-bond donors (Lipinski definition) is 1. The highest BCUT2D eigenvalue weighted by Crippen LogP contribution is 2.28. The first-order valence-corrected chi connectivity index (χ1v) is 6.37. The van der Waals surface area contributed by atoms with E-state index in [1.807, 2.05) is 0 Å². The maximum atomic E-state index is 11.8. The highest BCUT2D eigenvalue weighted by molar-refractivity contribution is 5.78. The summed E-state index contributed by atoms with van der Waals surface area (Å²) >= 11 is 0. The molecule has 0 heterocycles. The van der Waals surface area contributed by atoms with Gasteiger partial charge in [0.05, 0.1) is 0 Å². The lowest BCUT2D eigenvalue weighted by molar-refractivity contribution is -0.126. The van der Waals surface area contributed by atoms with E-state index in [2.05, 4.69) is 26.1 Å². The van der Waals surface area contributed by atoms with E-state index >= 15 is 0 Å². The Morgan fingerprint density at radius 1 is 1.27 bits per heavy atom. The molecule has 2 nitrogen and oxygen atoms in total. The van der Waals surface area contributed by atoms with Crippen LogP contribution in [0.5, 0.6) is 0 Å². The second kappa shape index (κ2) is 6.14. The number of nitrogens with one attached hydrogen (secondary N) is 1. The molecule has 0 atom stereocenters. The molecule has 15 heavy (non-hydrogen) atoms. The van der Waals surface area contributed by atoms with E-state index in [9.17, 15) is 4.79 Å². The normalized spacial score (nSPS) is 26.7. The summed E-state index contributed by atoms with van der Waals surface area (Å²) in [5.74, 6) is 2.09. The number of amides is 1. The van der Waals surface area contributed by atoms with Crippen LogP contribution in [0, 0.1) is 17.8 Å². The standard InChI is InChI=1S/C13H25NO/c1-10(2)8-9-14-13(15)12-6-4-11(3)5-7-12/h10-12H,4-9H2,1-3H3,(H,14,15)/t11-,12-. The summed E-state index contributed by atoms with van der Waals surface area (Å²) < 4.78 is 0. The number of rotatable bonds is 4.